The van der Waals surface area contributed by atoms with Crippen molar-refractivity contribution in [1.82, 2.24) is 14.7 Å². The molecule has 1 unspecified atom stereocenters. The third kappa shape index (κ3) is 2.96. The van der Waals surface area contributed by atoms with E-state index in [0.29, 0.717) is 24.2 Å². The molecule has 7 nitrogen and oxygen atoms in total. The van der Waals surface area contributed by atoms with Gasteiger partial charge in [-0.15, -0.1) is 0 Å². The highest BCUT2D eigenvalue weighted by Gasteiger charge is 2.46. The number of carbonyl (C=O) groups is 2. The van der Waals surface area contributed by atoms with Crippen LogP contribution in [-0.2, 0) is 9.53 Å². The largest absolute Gasteiger partial charge is 0.481 e. The number of hydrogen-bond donors (Lipinski definition) is 1. The number of nitrogens with zero attached hydrogens (tertiary/aromatic N) is 3. The van der Waals surface area contributed by atoms with Crippen molar-refractivity contribution < 1.29 is 23.8 Å². The van der Waals surface area contributed by atoms with E-state index in [1.54, 1.807) is 25.1 Å². The fraction of sp³-hybridized carbons (Fsp3) is 0.389. The smallest absolute Gasteiger partial charge is 0.313 e. The Kier molecular flexibility index (Phi) is 4.78. The van der Waals surface area contributed by atoms with E-state index in [4.69, 9.17) is 4.74 Å². The summed E-state index contributed by atoms with van der Waals surface area (Å²) in [4.78, 5) is 26.0. The molecule has 1 fully saturated rings. The zero-order valence-corrected chi connectivity index (χ0v) is 14.6. The van der Waals surface area contributed by atoms with Gasteiger partial charge in [-0.1, -0.05) is 12.1 Å². The van der Waals surface area contributed by atoms with Gasteiger partial charge in [-0.3, -0.25) is 9.59 Å². The molecule has 0 saturated carbocycles. The molecule has 1 aliphatic rings. The topological polar surface area (TPSA) is 84.7 Å². The lowest BCUT2D eigenvalue weighted by molar-refractivity contribution is -0.151. The minimum Gasteiger partial charge on any atom is -0.481 e. The van der Waals surface area contributed by atoms with Gasteiger partial charge in [0.05, 0.1) is 24.1 Å². The summed E-state index contributed by atoms with van der Waals surface area (Å²) >= 11 is 0. The third-order valence-corrected chi connectivity index (χ3v) is 4.84. The summed E-state index contributed by atoms with van der Waals surface area (Å²) < 4.78 is 20.4. The maximum Gasteiger partial charge on any atom is 0.313 e. The summed E-state index contributed by atoms with van der Waals surface area (Å²) in [6, 6.07) is 6.17. The van der Waals surface area contributed by atoms with E-state index < -0.39 is 17.2 Å². The number of carbonyl (C=O) groups excluding carboxylic acids is 1. The van der Waals surface area contributed by atoms with Crippen molar-refractivity contribution in [2.75, 3.05) is 26.8 Å². The highest BCUT2D eigenvalue weighted by molar-refractivity contribution is 5.96. The van der Waals surface area contributed by atoms with Crippen molar-refractivity contribution in [3.8, 4) is 5.69 Å². The number of para-hydroxylation sites is 1. The molecule has 26 heavy (non-hydrogen) atoms. The normalized spacial score (nSPS) is 19.7. The van der Waals surface area contributed by atoms with E-state index in [2.05, 4.69) is 5.10 Å². The van der Waals surface area contributed by atoms with Gasteiger partial charge in [0.25, 0.3) is 5.91 Å². The van der Waals surface area contributed by atoms with Crippen LogP contribution in [0.5, 0.6) is 0 Å². The second kappa shape index (κ2) is 6.87. The number of aromatic nitrogens is 2. The molecule has 1 amide bonds. The molecule has 0 bridgehead atoms. The number of halogens is 1. The van der Waals surface area contributed by atoms with Gasteiger partial charge in [0, 0.05) is 20.2 Å². The molecular weight excluding hydrogens is 341 g/mol. The van der Waals surface area contributed by atoms with E-state index in [9.17, 15) is 19.1 Å². The predicted octanol–water partition coefficient (Wildman–Crippen LogP) is 1.88. The van der Waals surface area contributed by atoms with Gasteiger partial charge in [0.1, 0.15) is 16.9 Å². The first kappa shape index (κ1) is 18.1. The Hall–Kier alpha value is -2.74. The first-order valence-corrected chi connectivity index (χ1v) is 8.21. The molecule has 2 heterocycles. The highest BCUT2D eigenvalue weighted by atomic mass is 19.1. The van der Waals surface area contributed by atoms with E-state index in [-0.39, 0.29) is 24.7 Å². The third-order valence-electron chi connectivity index (χ3n) is 4.84. The van der Waals surface area contributed by atoms with E-state index in [1.807, 2.05) is 0 Å². The van der Waals surface area contributed by atoms with Crippen LogP contribution < -0.4 is 0 Å². The van der Waals surface area contributed by atoms with Crippen molar-refractivity contribution in [2.45, 2.75) is 13.3 Å². The van der Waals surface area contributed by atoms with Crippen LogP contribution >= 0.6 is 0 Å². The number of benzene rings is 1. The van der Waals surface area contributed by atoms with Crippen LogP contribution in [0, 0.1) is 18.2 Å². The first-order valence-electron chi connectivity index (χ1n) is 8.21. The van der Waals surface area contributed by atoms with Gasteiger partial charge >= 0.3 is 5.97 Å². The van der Waals surface area contributed by atoms with Crippen LogP contribution in [0.4, 0.5) is 4.39 Å². The second-order valence-electron chi connectivity index (χ2n) is 6.50. The minimum absolute atomic E-state index is 0.0413. The number of carboxylic acid groups (broad SMARTS) is 1. The number of carboxylic acids is 1. The fourth-order valence-electron chi connectivity index (χ4n) is 3.33. The van der Waals surface area contributed by atoms with Crippen molar-refractivity contribution in [1.29, 1.82) is 0 Å². The van der Waals surface area contributed by atoms with Gasteiger partial charge < -0.3 is 14.7 Å². The van der Waals surface area contributed by atoms with Gasteiger partial charge in [0.15, 0.2) is 0 Å². The van der Waals surface area contributed by atoms with Gasteiger partial charge in [-0.25, -0.2) is 9.07 Å². The van der Waals surface area contributed by atoms with Crippen molar-refractivity contribution in [3.05, 3.63) is 47.5 Å². The SMILES string of the molecule is COCC1(C(=O)O)CCN(C(=O)c2cnn(-c3ccccc3F)c2C)C1. The van der Waals surface area contributed by atoms with Crippen molar-refractivity contribution >= 4 is 11.9 Å². The number of methoxy groups -OCH3 is 1. The molecule has 1 N–H and O–H groups in total. The average molecular weight is 361 g/mol. The molecule has 2 aromatic rings. The summed E-state index contributed by atoms with van der Waals surface area (Å²) in [5.41, 5.74) is -0.0175. The Labute approximate surface area is 150 Å². The first-order chi connectivity index (χ1) is 12.4. The Bertz CT molecular complexity index is 851. The van der Waals surface area contributed by atoms with Gasteiger partial charge in [-0.2, -0.15) is 5.10 Å². The van der Waals surface area contributed by atoms with E-state index >= 15 is 0 Å². The molecule has 1 saturated heterocycles. The summed E-state index contributed by atoms with van der Waals surface area (Å²) in [6.45, 7) is 2.11. The van der Waals surface area contributed by atoms with Crippen LogP contribution in [-0.4, -0.2) is 58.5 Å². The number of likely N-dealkylation sites (tertiary alicyclic amines) is 1. The molecule has 1 aromatic heterocycles. The maximum absolute atomic E-state index is 14.0. The minimum atomic E-state index is -1.10. The number of hydrogen-bond acceptors (Lipinski definition) is 4. The summed E-state index contributed by atoms with van der Waals surface area (Å²) in [5, 5.41) is 13.7. The molecule has 8 heteroatoms. The predicted molar refractivity (Wildman–Crippen MR) is 90.7 cm³/mol. The van der Waals surface area contributed by atoms with Crippen molar-refractivity contribution in [3.63, 3.8) is 0 Å². The zero-order valence-electron chi connectivity index (χ0n) is 14.6. The number of aliphatic carboxylic acids is 1. The van der Waals surface area contributed by atoms with E-state index in [0.717, 1.165) is 0 Å². The molecule has 0 spiro atoms. The molecule has 0 radical (unpaired) electrons. The van der Waals surface area contributed by atoms with Crippen LogP contribution in [0.1, 0.15) is 22.5 Å². The fourth-order valence-corrected chi connectivity index (χ4v) is 3.33. The second-order valence-corrected chi connectivity index (χ2v) is 6.50. The van der Waals surface area contributed by atoms with Crippen molar-refractivity contribution in [2.24, 2.45) is 5.41 Å². The molecule has 3 rings (SSSR count). The monoisotopic (exact) mass is 361 g/mol. The Balaban J connectivity index is 1.86. The lowest BCUT2D eigenvalue weighted by Crippen LogP contribution is -2.40. The molecule has 0 aliphatic carbocycles. The summed E-state index contributed by atoms with van der Waals surface area (Å²) in [6.07, 6.45) is 1.71. The number of rotatable bonds is 5. The summed E-state index contributed by atoms with van der Waals surface area (Å²) in [5.74, 6) is -1.73. The lowest BCUT2D eigenvalue weighted by Gasteiger charge is -2.23. The van der Waals surface area contributed by atoms with Gasteiger partial charge in [0.2, 0.25) is 0 Å². The number of amides is 1. The van der Waals surface area contributed by atoms with Crippen LogP contribution in [0.2, 0.25) is 0 Å². The average Bonchev–Trinajstić information content (AvgIpc) is 3.20. The van der Waals surface area contributed by atoms with Gasteiger partial charge in [-0.05, 0) is 25.5 Å². The standard InChI is InChI=1S/C18H20FN3O4/c1-12-13(9-20-22(12)15-6-4-3-5-14(15)19)16(23)21-8-7-18(10-21,11-26-2)17(24)25/h3-6,9H,7-8,10-11H2,1-2H3,(H,24,25). The summed E-state index contributed by atoms with van der Waals surface area (Å²) in [7, 11) is 1.44. The molecule has 1 atom stereocenters. The molecular formula is C18H20FN3O4. The van der Waals surface area contributed by atoms with Crippen LogP contribution in [0.3, 0.4) is 0 Å². The Morgan fingerprint density at radius 2 is 2.12 bits per heavy atom. The Morgan fingerprint density at radius 1 is 1.38 bits per heavy atom. The Morgan fingerprint density at radius 3 is 2.77 bits per heavy atom. The maximum atomic E-state index is 14.0. The molecule has 138 valence electrons. The number of ether oxygens (including phenoxy) is 1. The van der Waals surface area contributed by atoms with Crippen LogP contribution in [0.25, 0.3) is 5.69 Å². The van der Waals surface area contributed by atoms with E-state index in [1.165, 1.54) is 29.0 Å². The molecule has 1 aromatic carbocycles. The lowest BCUT2D eigenvalue weighted by atomic mass is 9.88. The van der Waals surface area contributed by atoms with Crippen LogP contribution in [0.15, 0.2) is 30.5 Å². The zero-order chi connectivity index (χ0) is 18.9. The quantitative estimate of drug-likeness (QED) is 0.879. The highest BCUT2D eigenvalue weighted by Crippen LogP contribution is 2.32. The molecule has 1 aliphatic heterocycles.